The van der Waals surface area contributed by atoms with Crippen LogP contribution < -0.4 is 0 Å². The Hall–Kier alpha value is -1.58. The Kier molecular flexibility index (Phi) is 3.06. The predicted octanol–water partition coefficient (Wildman–Crippen LogP) is 0.830. The van der Waals surface area contributed by atoms with Gasteiger partial charge in [0.2, 0.25) is 5.91 Å². The minimum Gasteiger partial charge on any atom is -0.345 e. The number of amides is 1. The first-order chi connectivity index (χ1) is 6.52. The summed E-state index contributed by atoms with van der Waals surface area (Å²) in [5.41, 5.74) is 2.02. The van der Waals surface area contributed by atoms with Crippen molar-refractivity contribution >= 4 is 12.0 Å². The van der Waals surface area contributed by atoms with Gasteiger partial charge in [0.1, 0.15) is 0 Å². The molecule has 1 aromatic heterocycles. The molecule has 0 aliphatic rings. The van der Waals surface area contributed by atoms with E-state index in [1.165, 1.54) is 4.90 Å². The van der Waals surface area contributed by atoms with Gasteiger partial charge in [0.15, 0.2) is 0 Å². The lowest BCUT2D eigenvalue weighted by atomic mass is 10.2. The number of carbonyl (C=O) groups excluding carboxylic acids is 1. The fourth-order valence-electron chi connectivity index (χ4n) is 0.989. The van der Waals surface area contributed by atoms with Crippen LogP contribution in [0.5, 0.6) is 0 Å². The second-order valence-electron chi connectivity index (χ2n) is 3.37. The molecule has 14 heavy (non-hydrogen) atoms. The second kappa shape index (κ2) is 4.09. The zero-order valence-electron chi connectivity index (χ0n) is 8.98. The predicted molar refractivity (Wildman–Crippen MR) is 55.7 cm³/mol. The van der Waals surface area contributed by atoms with Crippen molar-refractivity contribution in [3.8, 4) is 0 Å². The van der Waals surface area contributed by atoms with Gasteiger partial charge < -0.3 is 4.90 Å². The van der Waals surface area contributed by atoms with Gasteiger partial charge in [-0.3, -0.25) is 9.48 Å². The van der Waals surface area contributed by atoms with Crippen molar-refractivity contribution in [1.82, 2.24) is 14.7 Å². The Morgan fingerprint density at radius 1 is 1.57 bits per heavy atom. The Balaban J connectivity index is 2.79. The minimum atomic E-state index is -0.0201. The summed E-state index contributed by atoms with van der Waals surface area (Å²) < 4.78 is 1.78. The summed E-state index contributed by atoms with van der Waals surface area (Å²) in [5.74, 6) is -0.0201. The molecule has 0 unspecified atom stereocenters. The van der Waals surface area contributed by atoms with Gasteiger partial charge in [-0.15, -0.1) is 0 Å². The van der Waals surface area contributed by atoms with Gasteiger partial charge in [0.05, 0.1) is 6.20 Å². The van der Waals surface area contributed by atoms with Gasteiger partial charge in [-0.25, -0.2) is 0 Å². The van der Waals surface area contributed by atoms with Crippen LogP contribution in [0.2, 0.25) is 0 Å². The highest BCUT2D eigenvalue weighted by atomic mass is 16.2. The van der Waals surface area contributed by atoms with E-state index in [-0.39, 0.29) is 5.91 Å². The number of carbonyl (C=O) groups is 1. The molecule has 0 spiro atoms. The van der Waals surface area contributed by atoms with Gasteiger partial charge >= 0.3 is 0 Å². The number of hydrogen-bond donors (Lipinski definition) is 0. The lowest BCUT2D eigenvalue weighted by molar-refractivity contribution is -0.123. The molecule has 0 aliphatic carbocycles. The Morgan fingerprint density at radius 2 is 2.21 bits per heavy atom. The molecular weight excluding hydrogens is 178 g/mol. The van der Waals surface area contributed by atoms with E-state index in [2.05, 4.69) is 5.10 Å². The Bertz CT molecular complexity index is 363. The summed E-state index contributed by atoms with van der Waals surface area (Å²) >= 11 is 0. The van der Waals surface area contributed by atoms with Gasteiger partial charge in [-0.1, -0.05) is 0 Å². The summed E-state index contributed by atoms with van der Waals surface area (Å²) in [6.45, 7) is 1.97. The van der Waals surface area contributed by atoms with Crippen LogP contribution >= 0.6 is 0 Å². The molecule has 0 N–H and O–H groups in total. The van der Waals surface area contributed by atoms with E-state index in [4.69, 9.17) is 0 Å². The average Bonchev–Trinajstić information content (AvgIpc) is 2.44. The molecule has 0 aliphatic heterocycles. The number of aryl methyl sites for hydroxylation is 1. The first kappa shape index (κ1) is 10.5. The van der Waals surface area contributed by atoms with Crippen LogP contribution in [0.1, 0.15) is 11.3 Å². The molecule has 1 aromatic rings. The van der Waals surface area contributed by atoms with Crippen LogP contribution in [0.15, 0.2) is 12.3 Å². The third kappa shape index (κ3) is 2.22. The van der Waals surface area contributed by atoms with E-state index in [1.807, 2.05) is 14.0 Å². The maximum absolute atomic E-state index is 11.2. The molecular formula is C10H15N3O. The van der Waals surface area contributed by atoms with E-state index < -0.39 is 0 Å². The smallest absolute Gasteiger partial charge is 0.246 e. The van der Waals surface area contributed by atoms with E-state index in [1.54, 1.807) is 37.1 Å². The highest BCUT2D eigenvalue weighted by Crippen LogP contribution is 2.07. The van der Waals surface area contributed by atoms with Crippen molar-refractivity contribution in [3.63, 3.8) is 0 Å². The molecule has 0 aromatic carbocycles. The largest absolute Gasteiger partial charge is 0.345 e. The van der Waals surface area contributed by atoms with E-state index >= 15 is 0 Å². The highest BCUT2D eigenvalue weighted by molar-refractivity contribution is 5.91. The van der Waals surface area contributed by atoms with Gasteiger partial charge in [-0.05, 0) is 13.0 Å². The number of hydrogen-bond acceptors (Lipinski definition) is 2. The number of nitrogens with zero attached hydrogens (tertiary/aromatic N) is 3. The number of aromatic nitrogens is 2. The molecule has 1 amide bonds. The van der Waals surface area contributed by atoms with Crippen LogP contribution in [-0.2, 0) is 11.8 Å². The summed E-state index contributed by atoms with van der Waals surface area (Å²) in [4.78, 5) is 12.8. The lowest BCUT2D eigenvalue weighted by Crippen LogP contribution is -2.18. The first-order valence-electron chi connectivity index (χ1n) is 4.40. The molecule has 0 fully saturated rings. The van der Waals surface area contributed by atoms with Crippen molar-refractivity contribution in [1.29, 1.82) is 0 Å². The minimum absolute atomic E-state index is 0.0201. The second-order valence-corrected chi connectivity index (χ2v) is 3.37. The summed E-state index contributed by atoms with van der Waals surface area (Å²) in [7, 11) is 5.33. The van der Waals surface area contributed by atoms with Crippen LogP contribution in [0, 0.1) is 6.92 Å². The number of likely N-dealkylation sites (N-methyl/N-ethyl adjacent to an activating group) is 1. The lowest BCUT2D eigenvalue weighted by Gasteiger charge is -2.04. The van der Waals surface area contributed by atoms with Gasteiger partial charge in [0, 0.05) is 38.5 Å². The molecule has 0 atom stereocenters. The molecule has 0 saturated heterocycles. The van der Waals surface area contributed by atoms with Crippen LogP contribution in [-0.4, -0.2) is 34.7 Å². The Labute approximate surface area is 83.8 Å². The van der Waals surface area contributed by atoms with E-state index in [0.29, 0.717) is 0 Å². The van der Waals surface area contributed by atoms with Crippen molar-refractivity contribution in [3.05, 3.63) is 23.5 Å². The van der Waals surface area contributed by atoms with Crippen molar-refractivity contribution in [2.75, 3.05) is 14.1 Å². The fraction of sp³-hybridized carbons (Fsp3) is 0.400. The number of rotatable bonds is 2. The third-order valence-electron chi connectivity index (χ3n) is 2.12. The quantitative estimate of drug-likeness (QED) is 0.652. The first-order valence-corrected chi connectivity index (χ1v) is 4.40. The summed E-state index contributed by atoms with van der Waals surface area (Å²) in [5, 5.41) is 4.08. The molecule has 1 rings (SSSR count). The molecule has 0 bridgehead atoms. The van der Waals surface area contributed by atoms with Gasteiger partial charge in [-0.2, -0.15) is 5.10 Å². The summed E-state index contributed by atoms with van der Waals surface area (Å²) in [6, 6.07) is 0. The Morgan fingerprint density at radius 3 is 2.64 bits per heavy atom. The zero-order valence-corrected chi connectivity index (χ0v) is 8.98. The highest BCUT2D eigenvalue weighted by Gasteiger charge is 2.01. The topological polar surface area (TPSA) is 38.1 Å². The maximum Gasteiger partial charge on any atom is 0.246 e. The zero-order chi connectivity index (χ0) is 10.7. The van der Waals surface area contributed by atoms with Crippen LogP contribution in [0.3, 0.4) is 0 Å². The SMILES string of the molecule is Cc1c(/C=C/C(=O)N(C)C)cnn1C. The van der Waals surface area contributed by atoms with Crippen LogP contribution in [0.4, 0.5) is 0 Å². The van der Waals surface area contributed by atoms with E-state index in [0.717, 1.165) is 11.3 Å². The summed E-state index contributed by atoms with van der Waals surface area (Å²) in [6.07, 6.45) is 5.07. The fourth-order valence-corrected chi connectivity index (χ4v) is 0.989. The van der Waals surface area contributed by atoms with Crippen molar-refractivity contribution in [2.24, 2.45) is 7.05 Å². The molecule has 76 valence electrons. The monoisotopic (exact) mass is 193 g/mol. The molecule has 4 nitrogen and oxygen atoms in total. The van der Waals surface area contributed by atoms with Crippen molar-refractivity contribution < 1.29 is 4.79 Å². The maximum atomic E-state index is 11.2. The van der Waals surface area contributed by atoms with Crippen LogP contribution in [0.25, 0.3) is 6.08 Å². The normalized spacial score (nSPS) is 10.9. The standard InChI is InChI=1S/C10H15N3O/c1-8-9(7-11-13(8)4)5-6-10(14)12(2)3/h5-7H,1-4H3/b6-5+. The average molecular weight is 193 g/mol. The molecule has 1 heterocycles. The molecule has 0 radical (unpaired) electrons. The molecule has 4 heteroatoms. The van der Waals surface area contributed by atoms with Gasteiger partial charge in [0.25, 0.3) is 0 Å². The third-order valence-corrected chi connectivity index (χ3v) is 2.12. The molecule has 0 saturated carbocycles. The van der Waals surface area contributed by atoms with Crippen molar-refractivity contribution in [2.45, 2.75) is 6.92 Å². The van der Waals surface area contributed by atoms with E-state index in [9.17, 15) is 4.79 Å².